The number of aromatic nitrogens is 2. The van der Waals surface area contributed by atoms with E-state index in [1.165, 1.54) is 0 Å². The molecule has 2 atom stereocenters. The minimum Gasteiger partial charge on any atom is -0.387 e. The van der Waals surface area contributed by atoms with E-state index in [0.717, 1.165) is 22.4 Å². The molecule has 1 heterocycles. The van der Waals surface area contributed by atoms with Gasteiger partial charge in [0.1, 0.15) is 5.82 Å². The number of hydrogen-bond donors (Lipinski definition) is 2. The Labute approximate surface area is 107 Å². The molecule has 2 rings (SSSR count). The number of imidazole rings is 1. The Balaban J connectivity index is 2.54. The van der Waals surface area contributed by atoms with Crippen LogP contribution in [0.1, 0.15) is 44.3 Å². The van der Waals surface area contributed by atoms with Gasteiger partial charge in [-0.25, -0.2) is 4.98 Å². The number of aliphatic hydroxyl groups is 1. The van der Waals surface area contributed by atoms with Crippen molar-refractivity contribution in [3.05, 3.63) is 29.6 Å². The highest BCUT2D eigenvalue weighted by Gasteiger charge is 2.15. The highest BCUT2D eigenvalue weighted by molar-refractivity contribution is 5.77. The molecule has 2 aromatic rings. The second-order valence-electron chi connectivity index (χ2n) is 5.17. The molecule has 0 spiro atoms. The first-order chi connectivity index (χ1) is 8.41. The molecule has 4 nitrogen and oxygen atoms in total. The van der Waals surface area contributed by atoms with Crippen molar-refractivity contribution < 1.29 is 5.11 Å². The van der Waals surface area contributed by atoms with Crippen molar-refractivity contribution in [1.82, 2.24) is 9.55 Å². The third-order valence-corrected chi connectivity index (χ3v) is 3.25. The highest BCUT2D eigenvalue weighted by atomic mass is 16.3. The Hall–Kier alpha value is -1.39. The number of aliphatic hydroxyl groups excluding tert-OH is 1. The minimum atomic E-state index is -0.640. The fourth-order valence-electron chi connectivity index (χ4n) is 2.38. The molecular formula is C14H21N3O. The summed E-state index contributed by atoms with van der Waals surface area (Å²) in [5, 5.41) is 9.98. The molecule has 0 radical (unpaired) electrons. The topological polar surface area (TPSA) is 64.1 Å². The van der Waals surface area contributed by atoms with Crippen molar-refractivity contribution in [3.8, 4) is 0 Å². The quantitative estimate of drug-likeness (QED) is 0.874. The van der Waals surface area contributed by atoms with Gasteiger partial charge in [0.2, 0.25) is 0 Å². The van der Waals surface area contributed by atoms with Crippen LogP contribution in [0.3, 0.4) is 0 Å². The summed E-state index contributed by atoms with van der Waals surface area (Å²) in [6.45, 7) is 8.08. The highest BCUT2D eigenvalue weighted by Crippen LogP contribution is 2.25. The predicted molar refractivity (Wildman–Crippen MR) is 73.5 cm³/mol. The van der Waals surface area contributed by atoms with E-state index in [-0.39, 0.29) is 6.04 Å². The Morgan fingerprint density at radius 2 is 1.94 bits per heavy atom. The average Bonchev–Trinajstić information content (AvgIpc) is 2.62. The number of fused-ring (bicyclic) bond motifs is 1. The summed E-state index contributed by atoms with van der Waals surface area (Å²) in [4.78, 5) is 4.55. The zero-order chi connectivity index (χ0) is 13.4. The normalized spacial score (nSPS) is 15.3. The zero-order valence-electron chi connectivity index (χ0n) is 11.4. The maximum atomic E-state index is 9.98. The van der Waals surface area contributed by atoms with Gasteiger partial charge >= 0.3 is 0 Å². The first-order valence-corrected chi connectivity index (χ1v) is 6.34. The fourth-order valence-corrected chi connectivity index (χ4v) is 2.38. The largest absolute Gasteiger partial charge is 0.387 e. The van der Waals surface area contributed by atoms with E-state index in [9.17, 15) is 5.11 Å². The van der Waals surface area contributed by atoms with E-state index in [1.807, 2.05) is 25.1 Å². The summed E-state index contributed by atoms with van der Waals surface area (Å²) < 4.78 is 2.19. The van der Waals surface area contributed by atoms with Crippen molar-refractivity contribution in [2.45, 2.75) is 45.9 Å². The van der Waals surface area contributed by atoms with Crippen molar-refractivity contribution in [3.63, 3.8) is 0 Å². The number of nitrogens with two attached hydrogens (primary N) is 1. The van der Waals surface area contributed by atoms with Gasteiger partial charge < -0.3 is 15.4 Å². The predicted octanol–water partition coefficient (Wildman–Crippen LogP) is 2.31. The maximum absolute atomic E-state index is 9.98. The first kappa shape index (κ1) is 13.1. The Kier molecular flexibility index (Phi) is 3.41. The lowest BCUT2D eigenvalue weighted by atomic mass is 10.0. The Morgan fingerprint density at radius 3 is 2.50 bits per heavy atom. The molecule has 3 N–H and O–H groups in total. The van der Waals surface area contributed by atoms with Gasteiger partial charge in [-0.3, -0.25) is 0 Å². The van der Waals surface area contributed by atoms with Gasteiger partial charge in [-0.15, -0.1) is 0 Å². The summed E-state index contributed by atoms with van der Waals surface area (Å²) in [5.41, 5.74) is 8.56. The van der Waals surface area contributed by atoms with Crippen LogP contribution in [-0.4, -0.2) is 20.7 Å². The van der Waals surface area contributed by atoms with Crippen molar-refractivity contribution >= 4 is 11.0 Å². The van der Waals surface area contributed by atoms with Gasteiger partial charge in [0.25, 0.3) is 0 Å². The smallest absolute Gasteiger partial charge is 0.106 e. The van der Waals surface area contributed by atoms with Crippen LogP contribution in [0.15, 0.2) is 18.2 Å². The van der Waals surface area contributed by atoms with Gasteiger partial charge in [-0.05, 0) is 45.4 Å². The molecule has 0 aliphatic carbocycles. The number of aryl methyl sites for hydroxylation is 1. The molecule has 0 saturated heterocycles. The lowest BCUT2D eigenvalue weighted by molar-refractivity contribution is 0.153. The van der Waals surface area contributed by atoms with E-state index in [4.69, 9.17) is 5.73 Å². The zero-order valence-corrected chi connectivity index (χ0v) is 11.4. The van der Waals surface area contributed by atoms with Crippen LogP contribution < -0.4 is 5.73 Å². The molecule has 1 aromatic heterocycles. The molecule has 0 aliphatic heterocycles. The SMILES string of the molecule is Cc1nc2cc(C(O)C(C)N)ccc2n1C(C)C. The van der Waals surface area contributed by atoms with Crippen molar-refractivity contribution in [1.29, 1.82) is 0 Å². The second kappa shape index (κ2) is 4.71. The van der Waals surface area contributed by atoms with E-state index in [0.29, 0.717) is 6.04 Å². The molecule has 1 aromatic carbocycles. The fraction of sp³-hybridized carbons (Fsp3) is 0.500. The van der Waals surface area contributed by atoms with Crippen LogP contribution in [0, 0.1) is 6.92 Å². The van der Waals surface area contributed by atoms with Crippen LogP contribution in [0.4, 0.5) is 0 Å². The molecule has 98 valence electrons. The van der Waals surface area contributed by atoms with E-state index >= 15 is 0 Å². The summed E-state index contributed by atoms with van der Waals surface area (Å²) in [6.07, 6.45) is -0.640. The second-order valence-corrected chi connectivity index (χ2v) is 5.17. The lowest BCUT2D eigenvalue weighted by Gasteiger charge is -2.15. The Bertz CT molecular complexity index is 557. The van der Waals surface area contributed by atoms with Crippen molar-refractivity contribution in [2.75, 3.05) is 0 Å². The van der Waals surface area contributed by atoms with E-state index in [2.05, 4.69) is 23.4 Å². The lowest BCUT2D eigenvalue weighted by Crippen LogP contribution is -2.24. The molecule has 0 amide bonds. The van der Waals surface area contributed by atoms with Gasteiger partial charge in [-0.1, -0.05) is 6.07 Å². The molecule has 0 saturated carbocycles. The molecule has 0 bridgehead atoms. The molecule has 2 unspecified atom stereocenters. The summed E-state index contributed by atoms with van der Waals surface area (Å²) in [5.74, 6) is 0.993. The number of benzene rings is 1. The summed E-state index contributed by atoms with van der Waals surface area (Å²) in [7, 11) is 0. The van der Waals surface area contributed by atoms with Gasteiger partial charge in [0.05, 0.1) is 17.1 Å². The van der Waals surface area contributed by atoms with E-state index < -0.39 is 6.10 Å². The van der Waals surface area contributed by atoms with Gasteiger partial charge in [0.15, 0.2) is 0 Å². The van der Waals surface area contributed by atoms with Gasteiger partial charge in [0, 0.05) is 12.1 Å². The van der Waals surface area contributed by atoms with Gasteiger partial charge in [-0.2, -0.15) is 0 Å². The molecule has 4 heteroatoms. The number of rotatable bonds is 3. The molecule has 0 aliphatic rings. The van der Waals surface area contributed by atoms with Crippen LogP contribution >= 0.6 is 0 Å². The van der Waals surface area contributed by atoms with Crippen LogP contribution in [0.25, 0.3) is 11.0 Å². The number of hydrogen-bond acceptors (Lipinski definition) is 3. The maximum Gasteiger partial charge on any atom is 0.106 e. The van der Waals surface area contributed by atoms with Crippen LogP contribution in [0.5, 0.6) is 0 Å². The third-order valence-electron chi connectivity index (χ3n) is 3.25. The number of nitrogens with zero attached hydrogens (tertiary/aromatic N) is 2. The average molecular weight is 247 g/mol. The first-order valence-electron chi connectivity index (χ1n) is 6.34. The Morgan fingerprint density at radius 1 is 1.28 bits per heavy atom. The van der Waals surface area contributed by atoms with Crippen LogP contribution in [-0.2, 0) is 0 Å². The van der Waals surface area contributed by atoms with E-state index in [1.54, 1.807) is 6.92 Å². The summed E-state index contributed by atoms with van der Waals surface area (Å²) in [6, 6.07) is 5.96. The standard InChI is InChI=1S/C14H21N3O/c1-8(2)17-10(4)16-12-7-11(5-6-13(12)17)14(18)9(3)15/h5-9,14,18H,15H2,1-4H3. The molecular weight excluding hydrogens is 226 g/mol. The van der Waals surface area contributed by atoms with Crippen LogP contribution in [0.2, 0.25) is 0 Å². The third kappa shape index (κ3) is 2.13. The monoisotopic (exact) mass is 247 g/mol. The molecule has 0 fully saturated rings. The van der Waals surface area contributed by atoms with Crippen molar-refractivity contribution in [2.24, 2.45) is 5.73 Å². The molecule has 18 heavy (non-hydrogen) atoms. The summed E-state index contributed by atoms with van der Waals surface area (Å²) >= 11 is 0. The minimum absolute atomic E-state index is 0.282.